The van der Waals surface area contributed by atoms with Crippen LogP contribution in [0.4, 0.5) is 0 Å². The maximum Gasteiger partial charge on any atom is 0.115 e. The second kappa shape index (κ2) is 6.39. The molecular formula is C27H20O2. The lowest BCUT2D eigenvalue weighted by Crippen LogP contribution is -2.29. The fourth-order valence-electron chi connectivity index (χ4n) is 4.75. The first-order valence-electron chi connectivity index (χ1n) is 9.61. The molecule has 0 radical (unpaired) electrons. The van der Waals surface area contributed by atoms with Crippen molar-refractivity contribution >= 4 is 6.08 Å². The monoisotopic (exact) mass is 376 g/mol. The van der Waals surface area contributed by atoms with Crippen LogP contribution in [0.25, 0.3) is 17.2 Å². The summed E-state index contributed by atoms with van der Waals surface area (Å²) in [6.45, 7) is 4.07. The van der Waals surface area contributed by atoms with E-state index in [0.717, 1.165) is 16.7 Å². The molecule has 0 amide bonds. The lowest BCUT2D eigenvalue weighted by molar-refractivity contribution is 0.475. The Morgan fingerprint density at radius 3 is 1.76 bits per heavy atom. The van der Waals surface area contributed by atoms with E-state index in [1.54, 1.807) is 24.3 Å². The zero-order valence-corrected chi connectivity index (χ0v) is 15.8. The minimum absolute atomic E-state index is 0.234. The molecule has 1 aliphatic rings. The molecule has 5 rings (SSSR count). The van der Waals surface area contributed by atoms with Crippen LogP contribution in [0.2, 0.25) is 0 Å². The van der Waals surface area contributed by atoms with Crippen LogP contribution in [0.3, 0.4) is 0 Å². The Morgan fingerprint density at radius 2 is 1.17 bits per heavy atom. The Morgan fingerprint density at radius 1 is 0.621 bits per heavy atom. The summed E-state index contributed by atoms with van der Waals surface area (Å²) in [6, 6.07) is 29.6. The third-order valence-electron chi connectivity index (χ3n) is 5.91. The van der Waals surface area contributed by atoms with Gasteiger partial charge >= 0.3 is 0 Å². The van der Waals surface area contributed by atoms with E-state index in [4.69, 9.17) is 0 Å². The van der Waals surface area contributed by atoms with Crippen molar-refractivity contribution in [3.8, 4) is 22.6 Å². The Bertz CT molecular complexity index is 1170. The summed E-state index contributed by atoms with van der Waals surface area (Å²) in [7, 11) is 0. The number of hydrogen-bond acceptors (Lipinski definition) is 2. The van der Waals surface area contributed by atoms with E-state index in [1.807, 2.05) is 30.3 Å². The minimum atomic E-state index is -0.571. The largest absolute Gasteiger partial charge is 0.508 e. The summed E-state index contributed by atoms with van der Waals surface area (Å²) in [6.07, 6.45) is 1.90. The van der Waals surface area contributed by atoms with Crippen molar-refractivity contribution in [2.75, 3.05) is 0 Å². The van der Waals surface area contributed by atoms with E-state index < -0.39 is 5.41 Å². The Labute approximate surface area is 170 Å². The van der Waals surface area contributed by atoms with Gasteiger partial charge in [-0.05, 0) is 63.2 Å². The highest BCUT2D eigenvalue weighted by molar-refractivity contribution is 5.89. The van der Waals surface area contributed by atoms with Crippen LogP contribution in [0.15, 0.2) is 97.6 Å². The molecule has 0 saturated heterocycles. The summed E-state index contributed by atoms with van der Waals surface area (Å²) in [5.41, 5.74) is 7.33. The summed E-state index contributed by atoms with van der Waals surface area (Å²) in [4.78, 5) is 0. The molecule has 2 N–H and O–H groups in total. The third kappa shape index (κ3) is 2.36. The normalized spacial score (nSPS) is 13.5. The van der Waals surface area contributed by atoms with Gasteiger partial charge in [-0.3, -0.25) is 0 Å². The van der Waals surface area contributed by atoms with Gasteiger partial charge in [-0.2, -0.15) is 0 Å². The number of hydrogen-bond donors (Lipinski definition) is 2. The smallest absolute Gasteiger partial charge is 0.115 e. The van der Waals surface area contributed by atoms with E-state index in [1.165, 1.54) is 22.3 Å². The second-order valence-corrected chi connectivity index (χ2v) is 7.36. The Kier molecular flexibility index (Phi) is 3.82. The molecule has 4 aromatic carbocycles. The van der Waals surface area contributed by atoms with Gasteiger partial charge in [-0.1, -0.05) is 79.4 Å². The first-order valence-corrected chi connectivity index (χ1v) is 9.61. The number of benzene rings is 4. The summed E-state index contributed by atoms with van der Waals surface area (Å²) in [5.74, 6) is 0.469. The SMILES string of the molecule is C=Cc1cccc2c1C(c1ccc(O)cc1)(c1ccc(O)cc1)c1ccccc1-2. The summed E-state index contributed by atoms with van der Waals surface area (Å²) >= 11 is 0. The van der Waals surface area contributed by atoms with Crippen molar-refractivity contribution in [2.45, 2.75) is 5.41 Å². The van der Waals surface area contributed by atoms with E-state index in [0.29, 0.717) is 0 Å². The molecule has 2 heteroatoms. The number of phenolic OH excluding ortho intramolecular Hbond substituents is 2. The molecule has 0 bridgehead atoms. The van der Waals surface area contributed by atoms with Gasteiger partial charge in [-0.25, -0.2) is 0 Å². The Hall–Kier alpha value is -3.78. The van der Waals surface area contributed by atoms with Crippen molar-refractivity contribution < 1.29 is 10.2 Å². The van der Waals surface area contributed by atoms with Crippen molar-refractivity contribution in [1.29, 1.82) is 0 Å². The predicted molar refractivity (Wildman–Crippen MR) is 117 cm³/mol. The van der Waals surface area contributed by atoms with Gasteiger partial charge in [0.1, 0.15) is 11.5 Å². The highest BCUT2D eigenvalue weighted by Crippen LogP contribution is 2.57. The van der Waals surface area contributed by atoms with Crippen molar-refractivity contribution in [3.63, 3.8) is 0 Å². The van der Waals surface area contributed by atoms with E-state index in [-0.39, 0.29) is 11.5 Å². The van der Waals surface area contributed by atoms with Gasteiger partial charge in [0.2, 0.25) is 0 Å². The van der Waals surface area contributed by atoms with Crippen LogP contribution >= 0.6 is 0 Å². The number of phenols is 2. The van der Waals surface area contributed by atoms with Crippen LogP contribution < -0.4 is 0 Å². The second-order valence-electron chi connectivity index (χ2n) is 7.36. The van der Waals surface area contributed by atoms with Crippen LogP contribution in [0.1, 0.15) is 27.8 Å². The topological polar surface area (TPSA) is 40.5 Å². The van der Waals surface area contributed by atoms with Crippen molar-refractivity contribution in [2.24, 2.45) is 0 Å². The van der Waals surface area contributed by atoms with Gasteiger partial charge in [0.15, 0.2) is 0 Å². The lowest BCUT2D eigenvalue weighted by atomic mass is 9.66. The van der Waals surface area contributed by atoms with Gasteiger partial charge in [0, 0.05) is 0 Å². The fraction of sp³-hybridized carbons (Fsp3) is 0.0370. The van der Waals surface area contributed by atoms with Gasteiger partial charge in [0.25, 0.3) is 0 Å². The van der Waals surface area contributed by atoms with E-state index in [2.05, 4.69) is 49.0 Å². The fourth-order valence-corrected chi connectivity index (χ4v) is 4.75. The highest BCUT2D eigenvalue weighted by atomic mass is 16.3. The highest BCUT2D eigenvalue weighted by Gasteiger charge is 2.47. The Balaban J connectivity index is 1.99. The minimum Gasteiger partial charge on any atom is -0.508 e. The van der Waals surface area contributed by atoms with Crippen LogP contribution in [0.5, 0.6) is 11.5 Å². The molecule has 2 nitrogen and oxygen atoms in total. The summed E-state index contributed by atoms with van der Waals surface area (Å²) in [5, 5.41) is 19.9. The molecule has 0 aromatic heterocycles. The van der Waals surface area contributed by atoms with E-state index >= 15 is 0 Å². The third-order valence-corrected chi connectivity index (χ3v) is 5.91. The molecule has 0 spiro atoms. The molecule has 0 atom stereocenters. The molecule has 4 aromatic rings. The summed E-state index contributed by atoms with van der Waals surface area (Å²) < 4.78 is 0. The predicted octanol–water partition coefficient (Wildman–Crippen LogP) is 6.10. The first-order chi connectivity index (χ1) is 14.2. The zero-order valence-electron chi connectivity index (χ0n) is 15.8. The quantitative estimate of drug-likeness (QED) is 0.399. The molecule has 0 aliphatic heterocycles. The molecule has 0 unspecified atom stereocenters. The van der Waals surface area contributed by atoms with Gasteiger partial charge in [0.05, 0.1) is 5.41 Å². The molecule has 1 aliphatic carbocycles. The molecule has 0 fully saturated rings. The standard InChI is InChI=1S/C27H20O2/c1-2-18-6-5-8-24-23-7-3-4-9-25(23)27(26(18)24,19-10-14-21(28)15-11-19)20-12-16-22(29)17-13-20/h2-17,28-29H,1H2. The number of rotatable bonds is 3. The van der Waals surface area contributed by atoms with Crippen LogP contribution in [0, 0.1) is 0 Å². The maximum absolute atomic E-state index is 9.93. The van der Waals surface area contributed by atoms with Crippen molar-refractivity contribution in [3.05, 3.63) is 125 Å². The number of aromatic hydroxyl groups is 2. The molecular weight excluding hydrogens is 356 g/mol. The molecule has 140 valence electrons. The van der Waals surface area contributed by atoms with E-state index in [9.17, 15) is 10.2 Å². The molecule has 0 heterocycles. The zero-order chi connectivity index (χ0) is 20.0. The molecule has 0 saturated carbocycles. The molecule has 29 heavy (non-hydrogen) atoms. The number of fused-ring (bicyclic) bond motifs is 3. The lowest BCUT2D eigenvalue weighted by Gasteiger charge is -2.35. The van der Waals surface area contributed by atoms with Gasteiger partial charge in [-0.15, -0.1) is 0 Å². The first kappa shape index (κ1) is 17.3. The van der Waals surface area contributed by atoms with Gasteiger partial charge < -0.3 is 10.2 Å². The average Bonchev–Trinajstić information content (AvgIpc) is 3.06. The average molecular weight is 376 g/mol. The van der Waals surface area contributed by atoms with Crippen molar-refractivity contribution in [1.82, 2.24) is 0 Å². The van der Waals surface area contributed by atoms with Crippen LogP contribution in [-0.4, -0.2) is 10.2 Å². The maximum atomic E-state index is 9.93. The van der Waals surface area contributed by atoms with Crippen LogP contribution in [-0.2, 0) is 5.41 Å².